The van der Waals surface area contributed by atoms with E-state index in [2.05, 4.69) is 17.2 Å². The summed E-state index contributed by atoms with van der Waals surface area (Å²) < 4.78 is 0. The van der Waals surface area contributed by atoms with Gasteiger partial charge in [0.25, 0.3) is 5.91 Å². The van der Waals surface area contributed by atoms with Crippen molar-refractivity contribution < 1.29 is 9.59 Å². The van der Waals surface area contributed by atoms with Gasteiger partial charge in [0, 0.05) is 17.5 Å². The highest BCUT2D eigenvalue weighted by Gasteiger charge is 2.28. The van der Waals surface area contributed by atoms with Gasteiger partial charge in [-0.25, -0.2) is 0 Å². The number of rotatable bonds is 2. The lowest BCUT2D eigenvalue weighted by molar-refractivity contribution is -0.112. The Morgan fingerprint density at radius 3 is 2.32 bits per heavy atom. The largest absolute Gasteiger partial charge is 0.321 e. The summed E-state index contributed by atoms with van der Waals surface area (Å²) in [5.74, 6) is 5.57. The number of Topliss-reactive ketones (excluding diaryl/α,β-unsaturated/α-hetero) is 1. The van der Waals surface area contributed by atoms with Crippen LogP contribution >= 0.6 is 0 Å². The molecule has 28 heavy (non-hydrogen) atoms. The van der Waals surface area contributed by atoms with Gasteiger partial charge in [-0.1, -0.05) is 72.5 Å². The number of carbonyl (C=O) groups excluding carboxylic acids is 2. The Morgan fingerprint density at radius 1 is 0.857 bits per heavy atom. The summed E-state index contributed by atoms with van der Waals surface area (Å²) in [6.07, 6.45) is 2.26. The van der Waals surface area contributed by atoms with Gasteiger partial charge in [-0.3, -0.25) is 9.59 Å². The minimum Gasteiger partial charge on any atom is -0.321 e. The predicted octanol–water partition coefficient (Wildman–Crippen LogP) is 4.50. The van der Waals surface area contributed by atoms with Gasteiger partial charge in [-0.05, 0) is 35.4 Å². The molecule has 0 radical (unpaired) electrons. The third kappa shape index (κ3) is 3.77. The molecule has 3 aromatic rings. The SMILES string of the molecule is O=C1Nc2ccc(C#CCc3ccccc3)cc2C(=O)/C1=C\c1ccccc1. The lowest BCUT2D eigenvalue weighted by Crippen LogP contribution is -2.27. The Labute approximate surface area is 163 Å². The van der Waals surface area contributed by atoms with E-state index in [0.29, 0.717) is 17.7 Å². The summed E-state index contributed by atoms with van der Waals surface area (Å²) in [5.41, 5.74) is 3.82. The molecular weight excluding hydrogens is 346 g/mol. The molecule has 3 aromatic carbocycles. The molecule has 1 aliphatic rings. The molecule has 0 spiro atoms. The molecule has 4 rings (SSSR count). The summed E-state index contributed by atoms with van der Waals surface area (Å²) in [6, 6.07) is 24.6. The molecule has 1 amide bonds. The first-order valence-electron chi connectivity index (χ1n) is 9.00. The number of hydrogen-bond acceptors (Lipinski definition) is 2. The third-order valence-electron chi connectivity index (χ3n) is 4.48. The van der Waals surface area contributed by atoms with Crippen LogP contribution in [0.5, 0.6) is 0 Å². The summed E-state index contributed by atoms with van der Waals surface area (Å²) in [5, 5.41) is 2.79. The molecule has 0 unspecified atom stereocenters. The van der Waals surface area contributed by atoms with Crippen LogP contribution in [0.3, 0.4) is 0 Å². The van der Waals surface area contributed by atoms with Crippen LogP contribution in [0.1, 0.15) is 27.0 Å². The lowest BCUT2D eigenvalue weighted by Gasteiger charge is -2.18. The summed E-state index contributed by atoms with van der Waals surface area (Å²) in [7, 11) is 0. The third-order valence-corrected chi connectivity index (χ3v) is 4.48. The van der Waals surface area contributed by atoms with Gasteiger partial charge in [0.15, 0.2) is 0 Å². The first-order chi connectivity index (χ1) is 13.7. The molecule has 0 aromatic heterocycles. The zero-order valence-corrected chi connectivity index (χ0v) is 15.1. The van der Waals surface area contributed by atoms with Crippen LogP contribution in [0, 0.1) is 11.8 Å². The summed E-state index contributed by atoms with van der Waals surface area (Å²) in [4.78, 5) is 25.3. The van der Waals surface area contributed by atoms with E-state index >= 15 is 0 Å². The van der Waals surface area contributed by atoms with Crippen molar-refractivity contribution in [3.63, 3.8) is 0 Å². The van der Waals surface area contributed by atoms with Crippen molar-refractivity contribution in [1.29, 1.82) is 0 Å². The topological polar surface area (TPSA) is 46.2 Å². The number of fused-ring (bicyclic) bond motifs is 1. The van der Waals surface area contributed by atoms with Crippen LogP contribution < -0.4 is 5.32 Å². The molecule has 3 heteroatoms. The zero-order chi connectivity index (χ0) is 19.3. The van der Waals surface area contributed by atoms with Crippen molar-refractivity contribution in [1.82, 2.24) is 0 Å². The fourth-order valence-electron chi connectivity index (χ4n) is 3.05. The van der Waals surface area contributed by atoms with Gasteiger partial charge < -0.3 is 5.32 Å². The average Bonchev–Trinajstić information content (AvgIpc) is 2.73. The van der Waals surface area contributed by atoms with E-state index in [1.165, 1.54) is 0 Å². The molecule has 1 heterocycles. The van der Waals surface area contributed by atoms with Gasteiger partial charge in [0.1, 0.15) is 0 Å². The second-order valence-electron chi connectivity index (χ2n) is 6.48. The highest BCUT2D eigenvalue weighted by atomic mass is 16.2. The standard InChI is InChI=1S/C25H17NO2/c27-24-21-16-20(13-7-12-18-8-3-1-4-9-18)14-15-23(21)26-25(28)22(24)17-19-10-5-2-6-11-19/h1-6,8-11,14-17H,12H2,(H,26,28)/b22-17+. The monoisotopic (exact) mass is 363 g/mol. The van der Waals surface area contributed by atoms with Crippen LogP contribution in [0.2, 0.25) is 0 Å². The number of ketones is 1. The molecule has 1 N–H and O–H groups in total. The smallest absolute Gasteiger partial charge is 0.259 e. The Kier molecular flexibility index (Phi) is 4.86. The number of hydrogen-bond donors (Lipinski definition) is 1. The number of amides is 1. The maximum Gasteiger partial charge on any atom is 0.259 e. The van der Waals surface area contributed by atoms with Gasteiger partial charge in [-0.2, -0.15) is 0 Å². The van der Waals surface area contributed by atoms with Crippen LogP contribution in [0.25, 0.3) is 6.08 Å². The minimum atomic E-state index is -0.385. The van der Waals surface area contributed by atoms with E-state index in [1.54, 1.807) is 18.2 Å². The minimum absolute atomic E-state index is 0.132. The van der Waals surface area contributed by atoms with E-state index in [4.69, 9.17) is 0 Å². The van der Waals surface area contributed by atoms with E-state index in [9.17, 15) is 9.59 Å². The van der Waals surface area contributed by atoms with Crippen molar-refractivity contribution in [3.05, 3.63) is 107 Å². The van der Waals surface area contributed by atoms with Crippen molar-refractivity contribution in [2.75, 3.05) is 5.32 Å². The Balaban J connectivity index is 1.62. The Morgan fingerprint density at radius 2 is 1.57 bits per heavy atom. The molecule has 0 atom stereocenters. The molecule has 0 saturated heterocycles. The molecule has 134 valence electrons. The van der Waals surface area contributed by atoms with E-state index in [-0.39, 0.29) is 17.3 Å². The van der Waals surface area contributed by atoms with Crippen LogP contribution in [-0.2, 0) is 11.2 Å². The Bertz CT molecular complexity index is 1130. The van der Waals surface area contributed by atoms with E-state index in [0.717, 1.165) is 16.7 Å². The van der Waals surface area contributed by atoms with Gasteiger partial charge >= 0.3 is 0 Å². The van der Waals surface area contributed by atoms with E-state index < -0.39 is 0 Å². The zero-order valence-electron chi connectivity index (χ0n) is 15.1. The van der Waals surface area contributed by atoms with Gasteiger partial charge in [-0.15, -0.1) is 0 Å². The summed E-state index contributed by atoms with van der Waals surface area (Å²) in [6.45, 7) is 0. The molecule has 0 saturated carbocycles. The van der Waals surface area contributed by atoms with Crippen molar-refractivity contribution in [2.45, 2.75) is 6.42 Å². The number of nitrogens with one attached hydrogen (secondary N) is 1. The molecule has 1 aliphatic heterocycles. The van der Waals surface area contributed by atoms with Crippen molar-refractivity contribution in [3.8, 4) is 11.8 Å². The summed E-state index contributed by atoms with van der Waals surface area (Å²) >= 11 is 0. The van der Waals surface area contributed by atoms with Crippen molar-refractivity contribution >= 4 is 23.5 Å². The fourth-order valence-corrected chi connectivity index (χ4v) is 3.05. The van der Waals surface area contributed by atoms with Crippen LogP contribution in [-0.4, -0.2) is 11.7 Å². The number of carbonyl (C=O) groups is 2. The molecule has 3 nitrogen and oxygen atoms in total. The molecule has 0 bridgehead atoms. The first kappa shape index (κ1) is 17.5. The first-order valence-corrected chi connectivity index (χ1v) is 9.00. The Hall–Kier alpha value is -3.90. The van der Waals surface area contributed by atoms with Gasteiger partial charge in [0.05, 0.1) is 11.3 Å². The highest BCUT2D eigenvalue weighted by Crippen LogP contribution is 2.27. The average molecular weight is 363 g/mol. The maximum absolute atomic E-state index is 12.9. The van der Waals surface area contributed by atoms with Crippen molar-refractivity contribution in [2.24, 2.45) is 0 Å². The van der Waals surface area contributed by atoms with Crippen LogP contribution in [0.15, 0.2) is 84.4 Å². The second-order valence-corrected chi connectivity index (χ2v) is 6.48. The maximum atomic E-state index is 12.9. The molecule has 0 fully saturated rings. The van der Waals surface area contributed by atoms with Gasteiger partial charge in [0.2, 0.25) is 5.78 Å². The molecular formula is C25H17NO2. The van der Waals surface area contributed by atoms with E-state index in [1.807, 2.05) is 66.7 Å². The number of benzene rings is 3. The van der Waals surface area contributed by atoms with Crippen LogP contribution in [0.4, 0.5) is 5.69 Å². The lowest BCUT2D eigenvalue weighted by atomic mass is 9.94. The fraction of sp³-hybridized carbons (Fsp3) is 0.0400. The normalized spacial score (nSPS) is 14.1. The quantitative estimate of drug-likeness (QED) is 0.414. The second kappa shape index (κ2) is 7.77. The molecule has 0 aliphatic carbocycles. The predicted molar refractivity (Wildman–Crippen MR) is 111 cm³/mol. The highest BCUT2D eigenvalue weighted by molar-refractivity contribution is 6.36. The number of anilines is 1.